The lowest BCUT2D eigenvalue weighted by Gasteiger charge is -2.47. The number of para-hydroxylation sites is 1. The van der Waals surface area contributed by atoms with E-state index in [1.54, 1.807) is 4.90 Å². The number of nitrogens with one attached hydrogen (secondary N) is 3. The maximum absolute atomic E-state index is 14.8. The molecule has 0 aliphatic carbocycles. The van der Waals surface area contributed by atoms with Crippen LogP contribution in [0.1, 0.15) is 62.6 Å². The van der Waals surface area contributed by atoms with E-state index in [4.69, 9.17) is 5.73 Å². The molecular formula is C32H45N10O5+. The Hall–Kier alpha value is -4.37. The molecule has 0 bridgehead atoms. The number of hydrogen-bond donors (Lipinski definition) is 4. The Morgan fingerprint density at radius 1 is 1.11 bits per heavy atom. The first-order valence-corrected chi connectivity index (χ1v) is 16.8. The van der Waals surface area contributed by atoms with E-state index in [-0.39, 0.29) is 59.5 Å². The molecule has 6 rings (SSSR count). The van der Waals surface area contributed by atoms with Gasteiger partial charge in [-0.05, 0) is 50.7 Å². The van der Waals surface area contributed by atoms with Crippen molar-refractivity contribution < 1.29 is 23.8 Å². The Kier molecular flexibility index (Phi) is 9.55. The molecule has 47 heavy (non-hydrogen) atoms. The van der Waals surface area contributed by atoms with Crippen LogP contribution >= 0.6 is 0 Å². The molecule has 0 saturated carbocycles. The number of nitro groups is 1. The van der Waals surface area contributed by atoms with E-state index >= 15 is 0 Å². The van der Waals surface area contributed by atoms with Crippen LogP contribution in [0.4, 0.5) is 27.9 Å². The van der Waals surface area contributed by atoms with Crippen LogP contribution in [0.15, 0.2) is 24.3 Å². The zero-order chi connectivity index (χ0) is 33.1. The maximum Gasteiger partial charge on any atom is 0.336 e. The summed E-state index contributed by atoms with van der Waals surface area (Å²) in [7, 11) is 0. The van der Waals surface area contributed by atoms with Crippen LogP contribution in [-0.2, 0) is 16.1 Å². The second-order valence-corrected chi connectivity index (χ2v) is 13.2. The number of likely N-dealkylation sites (tertiary alicyclic amines) is 2. The predicted octanol–water partition coefficient (Wildman–Crippen LogP) is 2.76. The Balaban J connectivity index is 1.20. The van der Waals surface area contributed by atoms with E-state index in [9.17, 15) is 24.5 Å². The minimum Gasteiger partial charge on any atom is -0.378 e. The van der Waals surface area contributed by atoms with Crippen molar-refractivity contribution >= 4 is 41.0 Å². The molecule has 1 unspecified atom stereocenters. The third-order valence-electron chi connectivity index (χ3n) is 10.4. The van der Waals surface area contributed by atoms with Gasteiger partial charge in [0.1, 0.15) is 5.69 Å². The van der Waals surface area contributed by atoms with Gasteiger partial charge in [0, 0.05) is 57.3 Å². The summed E-state index contributed by atoms with van der Waals surface area (Å²) in [5.41, 5.74) is 7.55. The molecule has 15 heteroatoms. The summed E-state index contributed by atoms with van der Waals surface area (Å²) in [5, 5.41) is 21.0. The number of benzene rings is 1. The average molecular weight is 650 g/mol. The number of hydrogen-bond acceptors (Lipinski definition) is 10. The molecule has 4 aliphatic rings. The van der Waals surface area contributed by atoms with Crippen LogP contribution in [0.3, 0.4) is 0 Å². The number of nitrogen functional groups attached to an aromatic ring is 1. The Labute approximate surface area is 274 Å². The summed E-state index contributed by atoms with van der Waals surface area (Å²) >= 11 is 0. The minimum absolute atomic E-state index is 0.00711. The van der Waals surface area contributed by atoms with E-state index in [0.29, 0.717) is 50.0 Å². The quantitative estimate of drug-likeness (QED) is 0.188. The van der Waals surface area contributed by atoms with Crippen molar-refractivity contribution in [1.82, 2.24) is 25.1 Å². The summed E-state index contributed by atoms with van der Waals surface area (Å²) in [6, 6.07) is 6.82. The standard InChI is InChI=1S/C32H44N10O5/c1-21-28(41(46)47)29(33)38-31(35-21)36-26(30(44)42(17-5-2-6-18-42)24-9-13-34-14-10-24)19-27(43)39-15-11-23(12-16-39)40-20-22-7-3-4-8-25(22)37-32(40)45/h3-4,7-8,23-24,26,34H,2,5-6,9-20H2,1H3,(H3-,33,35,36,37,38,45)/p+1. The number of urea groups is 1. The lowest BCUT2D eigenvalue weighted by atomic mass is 9.94. The van der Waals surface area contributed by atoms with Gasteiger partial charge in [-0.25, -0.2) is 14.6 Å². The number of amides is 4. The van der Waals surface area contributed by atoms with Crippen LogP contribution in [0.25, 0.3) is 0 Å². The lowest BCUT2D eigenvalue weighted by Crippen LogP contribution is -2.67. The van der Waals surface area contributed by atoms with Gasteiger partial charge in [0.15, 0.2) is 6.04 Å². The molecule has 2 aromatic rings. The highest BCUT2D eigenvalue weighted by molar-refractivity contribution is 5.92. The molecular weight excluding hydrogens is 604 g/mol. The largest absolute Gasteiger partial charge is 0.378 e. The summed E-state index contributed by atoms with van der Waals surface area (Å²) in [4.78, 5) is 64.5. The average Bonchev–Trinajstić information content (AvgIpc) is 3.07. The van der Waals surface area contributed by atoms with Crippen LogP contribution in [0.2, 0.25) is 0 Å². The first-order chi connectivity index (χ1) is 22.7. The Bertz CT molecular complexity index is 1490. The van der Waals surface area contributed by atoms with E-state index in [0.717, 1.165) is 56.4 Å². The van der Waals surface area contributed by atoms with Crippen LogP contribution in [0.5, 0.6) is 0 Å². The van der Waals surface area contributed by atoms with Crippen molar-refractivity contribution in [2.45, 2.75) is 83.0 Å². The SMILES string of the molecule is Cc1nc(NC(CC(=O)N2CCC(N3Cc4ccccc4NC3=O)CC2)C(=O)[N+]2(C3CCNCC3)CCCCC2)nc(N)c1[N+](=O)[O-]. The van der Waals surface area contributed by atoms with Gasteiger partial charge in [-0.1, -0.05) is 18.2 Å². The molecule has 252 valence electrons. The number of aryl methyl sites for hydroxylation is 1. The fourth-order valence-corrected chi connectivity index (χ4v) is 7.94. The van der Waals surface area contributed by atoms with Crippen LogP contribution in [-0.4, -0.2) is 104 Å². The third kappa shape index (κ3) is 6.72. The zero-order valence-electron chi connectivity index (χ0n) is 26.9. The van der Waals surface area contributed by atoms with Crippen LogP contribution in [0, 0.1) is 17.0 Å². The number of carbonyl (C=O) groups excluding carboxylic acids is 3. The second kappa shape index (κ2) is 13.8. The monoisotopic (exact) mass is 649 g/mol. The van der Waals surface area contributed by atoms with Gasteiger partial charge in [0.2, 0.25) is 17.7 Å². The number of piperidine rings is 3. The highest BCUT2D eigenvalue weighted by atomic mass is 16.6. The number of fused-ring (bicyclic) bond motifs is 1. The van der Waals surface area contributed by atoms with Crippen molar-refractivity contribution in [3.05, 3.63) is 45.6 Å². The molecule has 15 nitrogen and oxygen atoms in total. The summed E-state index contributed by atoms with van der Waals surface area (Å²) in [6.45, 7) is 6.03. The van der Waals surface area contributed by atoms with Crippen molar-refractivity contribution in [1.29, 1.82) is 0 Å². The second-order valence-electron chi connectivity index (χ2n) is 13.2. The molecule has 1 aromatic carbocycles. The summed E-state index contributed by atoms with van der Waals surface area (Å²) in [5.74, 6) is -0.544. The van der Waals surface area contributed by atoms with Gasteiger partial charge >= 0.3 is 17.6 Å². The van der Waals surface area contributed by atoms with Gasteiger partial charge in [0.05, 0.1) is 30.5 Å². The topological polar surface area (TPSA) is 189 Å². The van der Waals surface area contributed by atoms with E-state index in [1.165, 1.54) is 6.92 Å². The zero-order valence-corrected chi connectivity index (χ0v) is 26.9. The smallest absolute Gasteiger partial charge is 0.336 e. The van der Waals surface area contributed by atoms with E-state index < -0.39 is 11.0 Å². The normalized spacial score (nSPS) is 21.0. The van der Waals surface area contributed by atoms with E-state index in [2.05, 4.69) is 25.9 Å². The van der Waals surface area contributed by atoms with Crippen molar-refractivity contribution in [2.24, 2.45) is 0 Å². The Morgan fingerprint density at radius 2 is 1.81 bits per heavy atom. The van der Waals surface area contributed by atoms with Crippen LogP contribution < -0.4 is 21.7 Å². The predicted molar refractivity (Wildman–Crippen MR) is 175 cm³/mol. The lowest BCUT2D eigenvalue weighted by molar-refractivity contribution is -0.885. The molecule has 1 atom stereocenters. The van der Waals surface area contributed by atoms with Crippen molar-refractivity contribution in [2.75, 3.05) is 55.6 Å². The highest BCUT2D eigenvalue weighted by Gasteiger charge is 2.49. The maximum atomic E-state index is 14.8. The number of aromatic nitrogens is 2. The number of nitrogens with two attached hydrogens (primary N) is 1. The molecule has 4 aliphatic heterocycles. The van der Waals surface area contributed by atoms with Gasteiger partial charge in [0.25, 0.3) is 0 Å². The van der Waals surface area contributed by atoms with Gasteiger partial charge < -0.3 is 31.5 Å². The molecule has 5 heterocycles. The number of nitrogens with zero attached hydrogens (tertiary/aromatic N) is 6. The highest BCUT2D eigenvalue weighted by Crippen LogP contribution is 2.32. The minimum atomic E-state index is -0.946. The molecule has 3 saturated heterocycles. The number of carbonyl (C=O) groups is 3. The summed E-state index contributed by atoms with van der Waals surface area (Å²) < 4.78 is 0.307. The number of rotatable bonds is 8. The first kappa shape index (κ1) is 32.6. The molecule has 0 spiro atoms. The first-order valence-electron chi connectivity index (χ1n) is 16.8. The fraction of sp³-hybridized carbons (Fsp3) is 0.594. The van der Waals surface area contributed by atoms with Crippen molar-refractivity contribution in [3.63, 3.8) is 0 Å². The number of quaternary nitrogens is 1. The van der Waals surface area contributed by atoms with Gasteiger partial charge in [-0.3, -0.25) is 19.4 Å². The van der Waals surface area contributed by atoms with Crippen molar-refractivity contribution in [3.8, 4) is 0 Å². The molecule has 1 aromatic heterocycles. The molecule has 4 amide bonds. The summed E-state index contributed by atoms with van der Waals surface area (Å²) in [6.07, 6.45) is 5.81. The van der Waals surface area contributed by atoms with Gasteiger partial charge in [-0.2, -0.15) is 4.98 Å². The Morgan fingerprint density at radius 3 is 2.49 bits per heavy atom. The third-order valence-corrected chi connectivity index (χ3v) is 10.4. The van der Waals surface area contributed by atoms with E-state index in [1.807, 2.05) is 29.2 Å². The molecule has 0 radical (unpaired) electrons. The number of anilines is 3. The molecule has 3 fully saturated rings. The fourth-order valence-electron chi connectivity index (χ4n) is 7.94. The molecule has 5 N–H and O–H groups in total. The van der Waals surface area contributed by atoms with Gasteiger partial charge in [-0.15, -0.1) is 0 Å².